The van der Waals surface area contributed by atoms with Gasteiger partial charge < -0.3 is 19.4 Å². The van der Waals surface area contributed by atoms with Crippen LogP contribution in [0.15, 0.2) is 59.6 Å². The lowest BCUT2D eigenvalue weighted by atomic mass is 10.2. The van der Waals surface area contributed by atoms with Crippen LogP contribution in [0.1, 0.15) is 10.5 Å². The van der Waals surface area contributed by atoms with Crippen molar-refractivity contribution in [1.82, 2.24) is 19.3 Å². The summed E-state index contributed by atoms with van der Waals surface area (Å²) in [5.74, 6) is 0.155. The minimum atomic E-state index is -4.11. The molecule has 0 unspecified atom stereocenters. The zero-order valence-corrected chi connectivity index (χ0v) is 19.9. The Labute approximate surface area is 200 Å². The molecule has 2 aromatic heterocycles. The van der Waals surface area contributed by atoms with Crippen LogP contribution in [-0.2, 0) is 17.1 Å². The maximum Gasteiger partial charge on any atom is 0.318 e. The second-order valence-electron chi connectivity index (χ2n) is 7.11. The van der Waals surface area contributed by atoms with Crippen molar-refractivity contribution in [2.45, 2.75) is 4.90 Å². The highest BCUT2D eigenvalue weighted by Gasteiger charge is 2.23. The van der Waals surface area contributed by atoms with E-state index in [4.69, 9.17) is 21.1 Å². The molecule has 4 rings (SSSR count). The van der Waals surface area contributed by atoms with Crippen LogP contribution in [0.5, 0.6) is 11.8 Å². The van der Waals surface area contributed by atoms with Crippen molar-refractivity contribution in [3.63, 3.8) is 0 Å². The van der Waals surface area contributed by atoms with Crippen molar-refractivity contribution < 1.29 is 22.7 Å². The number of aromatic nitrogens is 3. The van der Waals surface area contributed by atoms with Gasteiger partial charge in [-0.2, -0.15) is 4.98 Å². The number of ether oxygens (including phenoxy) is 2. The van der Waals surface area contributed by atoms with Gasteiger partial charge in [0.1, 0.15) is 17.3 Å². The van der Waals surface area contributed by atoms with Gasteiger partial charge in [0.05, 0.1) is 29.7 Å². The summed E-state index contributed by atoms with van der Waals surface area (Å²) in [6.07, 6.45) is 1.54. The topological polar surface area (TPSA) is 124 Å². The Bertz CT molecular complexity index is 1490. The third kappa shape index (κ3) is 4.47. The fourth-order valence-corrected chi connectivity index (χ4v) is 4.64. The van der Waals surface area contributed by atoms with Gasteiger partial charge in [0.15, 0.2) is 0 Å². The van der Waals surface area contributed by atoms with Crippen LogP contribution >= 0.6 is 11.6 Å². The summed E-state index contributed by atoms with van der Waals surface area (Å²) in [5.41, 5.74) is 1.25. The lowest BCUT2D eigenvalue weighted by Crippen LogP contribution is -2.31. The van der Waals surface area contributed by atoms with E-state index in [2.05, 4.69) is 20.0 Å². The Morgan fingerprint density at radius 3 is 2.47 bits per heavy atom. The predicted molar refractivity (Wildman–Crippen MR) is 127 cm³/mol. The first-order valence-corrected chi connectivity index (χ1v) is 11.7. The van der Waals surface area contributed by atoms with E-state index in [9.17, 15) is 13.2 Å². The maximum absolute atomic E-state index is 13.0. The Morgan fingerprint density at radius 2 is 1.79 bits per heavy atom. The lowest BCUT2D eigenvalue weighted by molar-refractivity contribution is 0.0974. The standard InChI is InChI=1S/C22H20ClN5O5S/c1-28-18(21(29)27-34(30,31)14-6-4-13(32-2)5-7-14)12-15-17(9-8-16(23)20(15)28)25-19-10-11-24-22(26-19)33-3/h4-12H,1-3H3,(H,27,29)(H,24,25,26). The van der Waals surface area contributed by atoms with Crippen molar-refractivity contribution in [3.8, 4) is 11.8 Å². The van der Waals surface area contributed by atoms with Crippen LogP contribution < -0.4 is 19.5 Å². The number of anilines is 2. The Morgan fingerprint density at radius 1 is 1.06 bits per heavy atom. The van der Waals surface area contributed by atoms with Crippen molar-refractivity contribution in [1.29, 1.82) is 0 Å². The zero-order valence-electron chi connectivity index (χ0n) is 18.4. The van der Waals surface area contributed by atoms with Crippen molar-refractivity contribution in [3.05, 3.63) is 65.4 Å². The van der Waals surface area contributed by atoms with E-state index in [0.29, 0.717) is 33.2 Å². The number of amides is 1. The first kappa shape index (κ1) is 23.3. The highest BCUT2D eigenvalue weighted by molar-refractivity contribution is 7.90. The quantitative estimate of drug-likeness (QED) is 0.394. The molecule has 0 aliphatic heterocycles. The van der Waals surface area contributed by atoms with Crippen LogP contribution in [0, 0.1) is 0 Å². The molecular formula is C22H20ClN5O5S. The van der Waals surface area contributed by atoms with E-state index in [1.165, 1.54) is 49.2 Å². The number of carbonyl (C=O) groups is 1. The number of sulfonamides is 1. The molecule has 0 radical (unpaired) electrons. The van der Waals surface area contributed by atoms with Gasteiger partial charge in [-0.1, -0.05) is 11.6 Å². The number of methoxy groups -OCH3 is 2. The minimum absolute atomic E-state index is 0.0708. The van der Waals surface area contributed by atoms with Gasteiger partial charge in [-0.15, -0.1) is 0 Å². The number of benzene rings is 2. The maximum atomic E-state index is 13.0. The summed E-state index contributed by atoms with van der Waals surface area (Å²) >= 11 is 6.40. The number of hydrogen-bond donors (Lipinski definition) is 2. The first-order chi connectivity index (χ1) is 16.2. The molecule has 0 aliphatic carbocycles. The van der Waals surface area contributed by atoms with E-state index in [0.717, 1.165) is 0 Å². The van der Waals surface area contributed by atoms with Crippen molar-refractivity contribution in [2.75, 3.05) is 19.5 Å². The van der Waals surface area contributed by atoms with Crippen molar-refractivity contribution >= 4 is 49.9 Å². The fourth-order valence-electron chi connectivity index (χ4n) is 3.38. The molecule has 0 saturated carbocycles. The first-order valence-electron chi connectivity index (χ1n) is 9.86. The fraction of sp³-hybridized carbons (Fsp3) is 0.136. The van der Waals surface area contributed by atoms with Gasteiger partial charge in [0.2, 0.25) is 0 Å². The minimum Gasteiger partial charge on any atom is -0.497 e. The molecule has 2 heterocycles. The second-order valence-corrected chi connectivity index (χ2v) is 9.20. The third-order valence-corrected chi connectivity index (χ3v) is 6.71. The summed E-state index contributed by atoms with van der Waals surface area (Å²) < 4.78 is 39.2. The Balaban J connectivity index is 1.68. The van der Waals surface area contributed by atoms with Crippen LogP contribution in [-0.4, -0.2) is 43.1 Å². The van der Waals surface area contributed by atoms with Crippen LogP contribution in [0.25, 0.3) is 10.9 Å². The van der Waals surface area contributed by atoms with E-state index in [1.54, 1.807) is 31.3 Å². The van der Waals surface area contributed by atoms with Crippen LogP contribution in [0.3, 0.4) is 0 Å². The molecule has 0 aliphatic rings. The van der Waals surface area contributed by atoms with Gasteiger partial charge in [0, 0.05) is 24.3 Å². The van der Waals surface area contributed by atoms with Gasteiger partial charge >= 0.3 is 6.01 Å². The molecule has 2 N–H and O–H groups in total. The average molecular weight is 502 g/mol. The summed E-state index contributed by atoms with van der Waals surface area (Å²) in [5, 5.41) is 4.13. The highest BCUT2D eigenvalue weighted by atomic mass is 35.5. The number of nitrogens with one attached hydrogen (secondary N) is 2. The van der Waals surface area contributed by atoms with E-state index < -0.39 is 15.9 Å². The molecule has 34 heavy (non-hydrogen) atoms. The Kier molecular flexibility index (Phi) is 6.31. The summed E-state index contributed by atoms with van der Waals surface area (Å²) in [7, 11) is 0.447. The van der Waals surface area contributed by atoms with Gasteiger partial charge in [0.25, 0.3) is 15.9 Å². The van der Waals surface area contributed by atoms with Gasteiger partial charge in [-0.05, 0) is 48.5 Å². The molecule has 4 aromatic rings. The SMILES string of the molecule is COc1ccc(S(=O)(=O)NC(=O)c2cc3c(Nc4ccnc(OC)n4)ccc(Cl)c3n2C)cc1. The number of halogens is 1. The molecule has 176 valence electrons. The highest BCUT2D eigenvalue weighted by Crippen LogP contribution is 2.34. The van der Waals surface area contributed by atoms with E-state index in [1.807, 2.05) is 0 Å². The monoisotopic (exact) mass is 501 g/mol. The number of hydrogen-bond acceptors (Lipinski definition) is 8. The molecular weight excluding hydrogens is 482 g/mol. The molecule has 0 spiro atoms. The zero-order chi connectivity index (χ0) is 24.5. The molecule has 12 heteroatoms. The molecule has 10 nitrogen and oxygen atoms in total. The molecule has 0 atom stereocenters. The summed E-state index contributed by atoms with van der Waals surface area (Å²) in [6, 6.07) is 12.5. The molecule has 0 bridgehead atoms. The molecule has 2 aromatic carbocycles. The number of nitrogens with zero attached hydrogens (tertiary/aromatic N) is 3. The van der Waals surface area contributed by atoms with E-state index >= 15 is 0 Å². The van der Waals surface area contributed by atoms with Crippen LogP contribution in [0.2, 0.25) is 5.02 Å². The number of rotatable bonds is 7. The van der Waals surface area contributed by atoms with E-state index in [-0.39, 0.29) is 16.6 Å². The van der Waals surface area contributed by atoms with Gasteiger partial charge in [-0.3, -0.25) is 4.79 Å². The van der Waals surface area contributed by atoms with Gasteiger partial charge in [-0.25, -0.2) is 18.1 Å². The van der Waals surface area contributed by atoms with Crippen molar-refractivity contribution in [2.24, 2.45) is 7.05 Å². The average Bonchev–Trinajstić information content (AvgIpc) is 3.19. The normalized spacial score (nSPS) is 11.3. The number of fused-ring (bicyclic) bond motifs is 1. The number of aryl methyl sites for hydroxylation is 1. The Hall–Kier alpha value is -3.83. The largest absolute Gasteiger partial charge is 0.497 e. The van der Waals surface area contributed by atoms with Crippen LogP contribution in [0.4, 0.5) is 11.5 Å². The molecule has 1 amide bonds. The molecule has 0 saturated heterocycles. The lowest BCUT2D eigenvalue weighted by Gasteiger charge is -2.10. The predicted octanol–water partition coefficient (Wildman–Crippen LogP) is 3.50. The smallest absolute Gasteiger partial charge is 0.318 e. The molecule has 0 fully saturated rings. The number of carbonyl (C=O) groups excluding carboxylic acids is 1. The second kappa shape index (κ2) is 9.20. The summed E-state index contributed by atoms with van der Waals surface area (Å²) in [6.45, 7) is 0. The third-order valence-electron chi connectivity index (χ3n) is 5.05. The summed E-state index contributed by atoms with van der Waals surface area (Å²) in [4.78, 5) is 21.1.